The maximum absolute atomic E-state index is 12.8. The Kier molecular flexibility index (Phi) is 5.79. The Hall–Kier alpha value is -3.34. The fourth-order valence-corrected chi connectivity index (χ4v) is 5.57. The number of benzene rings is 2. The molecule has 0 spiro atoms. The Balaban J connectivity index is 1.29. The highest BCUT2D eigenvalue weighted by Crippen LogP contribution is 2.16. The highest BCUT2D eigenvalue weighted by molar-refractivity contribution is 7.88. The number of sulfonamides is 1. The van der Waals surface area contributed by atoms with Gasteiger partial charge in [0.15, 0.2) is 5.65 Å². The van der Waals surface area contributed by atoms with Gasteiger partial charge in [-0.3, -0.25) is 9.69 Å². The minimum absolute atomic E-state index is 0.00284. The topological polar surface area (TPSA) is 104 Å². The van der Waals surface area contributed by atoms with Crippen molar-refractivity contribution in [3.63, 3.8) is 0 Å². The van der Waals surface area contributed by atoms with Gasteiger partial charge in [-0.25, -0.2) is 18.1 Å². The Morgan fingerprint density at radius 3 is 2.27 bits per heavy atom. The van der Waals surface area contributed by atoms with Gasteiger partial charge in [-0.15, -0.1) is 0 Å². The molecular formula is C23H24N6O3S. The summed E-state index contributed by atoms with van der Waals surface area (Å²) in [6.45, 7) is 2.37. The van der Waals surface area contributed by atoms with E-state index in [0.717, 1.165) is 11.3 Å². The second kappa shape index (κ2) is 8.89. The number of hydrogen-bond acceptors (Lipinski definition) is 6. The van der Waals surface area contributed by atoms with Crippen molar-refractivity contribution in [3.8, 4) is 5.69 Å². The summed E-state index contributed by atoms with van der Waals surface area (Å²) in [5, 5.41) is 4.76. The molecule has 10 heteroatoms. The summed E-state index contributed by atoms with van der Waals surface area (Å²) >= 11 is 0. The van der Waals surface area contributed by atoms with Crippen LogP contribution in [-0.2, 0) is 22.3 Å². The fraction of sp³-hybridized carbons (Fsp3) is 0.261. The van der Waals surface area contributed by atoms with Crippen LogP contribution in [0.1, 0.15) is 11.4 Å². The van der Waals surface area contributed by atoms with Gasteiger partial charge in [-0.05, 0) is 17.7 Å². The van der Waals surface area contributed by atoms with Crippen molar-refractivity contribution in [1.29, 1.82) is 0 Å². The summed E-state index contributed by atoms with van der Waals surface area (Å²) in [6.07, 6.45) is 1.52. The van der Waals surface area contributed by atoms with Gasteiger partial charge < -0.3 is 4.98 Å². The third-order valence-electron chi connectivity index (χ3n) is 5.78. The van der Waals surface area contributed by atoms with E-state index in [1.54, 1.807) is 8.99 Å². The summed E-state index contributed by atoms with van der Waals surface area (Å²) in [5.74, 6) is 0.536. The first-order valence-electron chi connectivity index (χ1n) is 10.8. The molecule has 0 saturated carbocycles. The van der Waals surface area contributed by atoms with Gasteiger partial charge in [0.25, 0.3) is 5.56 Å². The van der Waals surface area contributed by atoms with Crippen LogP contribution in [-0.4, -0.2) is 63.6 Å². The zero-order valence-electron chi connectivity index (χ0n) is 18.0. The lowest BCUT2D eigenvalue weighted by molar-refractivity contribution is 0.178. The molecule has 0 amide bonds. The summed E-state index contributed by atoms with van der Waals surface area (Å²) in [6, 6.07) is 18.8. The van der Waals surface area contributed by atoms with Crippen molar-refractivity contribution in [2.45, 2.75) is 12.3 Å². The van der Waals surface area contributed by atoms with Gasteiger partial charge in [0.1, 0.15) is 11.2 Å². The second-order valence-electron chi connectivity index (χ2n) is 8.06. The molecule has 2 aromatic heterocycles. The van der Waals surface area contributed by atoms with Crippen LogP contribution in [0.2, 0.25) is 0 Å². The number of para-hydroxylation sites is 1. The number of nitrogens with one attached hydrogen (secondary N) is 1. The summed E-state index contributed by atoms with van der Waals surface area (Å²) in [4.78, 5) is 22.2. The largest absolute Gasteiger partial charge is 0.309 e. The molecule has 4 aromatic rings. The highest BCUT2D eigenvalue weighted by Gasteiger charge is 2.27. The van der Waals surface area contributed by atoms with Gasteiger partial charge >= 0.3 is 0 Å². The SMILES string of the molecule is O=c1[nH]c(CN2CCN(S(=O)(=O)Cc3ccccc3)CC2)nc2c1cnn2-c1ccccc1. The average Bonchev–Trinajstić information content (AvgIpc) is 3.25. The van der Waals surface area contributed by atoms with E-state index in [1.807, 2.05) is 60.7 Å². The normalized spacial score (nSPS) is 15.8. The predicted octanol–water partition coefficient (Wildman–Crippen LogP) is 1.76. The van der Waals surface area contributed by atoms with Crippen molar-refractivity contribution in [2.75, 3.05) is 26.2 Å². The second-order valence-corrected chi connectivity index (χ2v) is 10.0. The third kappa shape index (κ3) is 4.58. The van der Waals surface area contributed by atoms with Crippen LogP contribution in [0, 0.1) is 0 Å². The molecule has 1 aliphatic heterocycles. The molecule has 1 fully saturated rings. The smallest absolute Gasteiger partial charge is 0.262 e. The Bertz CT molecular complexity index is 1410. The van der Waals surface area contributed by atoms with Crippen LogP contribution in [0.15, 0.2) is 71.7 Å². The van der Waals surface area contributed by atoms with E-state index in [9.17, 15) is 13.2 Å². The van der Waals surface area contributed by atoms with Gasteiger partial charge in [0.2, 0.25) is 10.0 Å². The number of nitrogens with zero attached hydrogens (tertiary/aromatic N) is 5. The number of piperazine rings is 1. The Labute approximate surface area is 191 Å². The van der Waals surface area contributed by atoms with E-state index in [2.05, 4.69) is 20.0 Å². The number of fused-ring (bicyclic) bond motifs is 1. The van der Waals surface area contributed by atoms with Crippen LogP contribution < -0.4 is 5.56 Å². The minimum atomic E-state index is -3.38. The lowest BCUT2D eigenvalue weighted by Gasteiger charge is -2.33. The summed E-state index contributed by atoms with van der Waals surface area (Å²) < 4.78 is 28.8. The maximum Gasteiger partial charge on any atom is 0.262 e. The molecule has 1 aliphatic rings. The fourth-order valence-electron chi connectivity index (χ4n) is 4.05. The first kappa shape index (κ1) is 21.5. The van der Waals surface area contributed by atoms with E-state index in [4.69, 9.17) is 0 Å². The Morgan fingerprint density at radius 1 is 0.909 bits per heavy atom. The summed E-state index contributed by atoms with van der Waals surface area (Å²) in [7, 11) is -3.38. The average molecular weight is 465 g/mol. The lowest BCUT2D eigenvalue weighted by Crippen LogP contribution is -2.48. The Morgan fingerprint density at radius 2 is 1.58 bits per heavy atom. The lowest BCUT2D eigenvalue weighted by atomic mass is 10.2. The van der Waals surface area contributed by atoms with E-state index in [1.165, 1.54) is 6.20 Å². The number of rotatable bonds is 6. The molecule has 3 heterocycles. The molecular weight excluding hydrogens is 440 g/mol. The van der Waals surface area contributed by atoms with Gasteiger partial charge in [-0.2, -0.15) is 9.40 Å². The van der Waals surface area contributed by atoms with Crippen LogP contribution in [0.4, 0.5) is 0 Å². The number of aromatic amines is 1. The molecule has 2 aromatic carbocycles. The summed E-state index contributed by atoms with van der Waals surface area (Å²) in [5.41, 5.74) is 1.88. The molecule has 0 atom stereocenters. The monoisotopic (exact) mass is 464 g/mol. The van der Waals surface area contributed by atoms with Crippen molar-refractivity contribution in [2.24, 2.45) is 0 Å². The third-order valence-corrected chi connectivity index (χ3v) is 7.63. The molecule has 0 unspecified atom stereocenters. The first-order chi connectivity index (χ1) is 16.0. The minimum Gasteiger partial charge on any atom is -0.309 e. The van der Waals surface area contributed by atoms with E-state index < -0.39 is 10.0 Å². The predicted molar refractivity (Wildman–Crippen MR) is 125 cm³/mol. The molecule has 1 N–H and O–H groups in total. The maximum atomic E-state index is 12.8. The molecule has 0 aliphatic carbocycles. The molecule has 170 valence electrons. The highest BCUT2D eigenvalue weighted by atomic mass is 32.2. The molecule has 9 nitrogen and oxygen atoms in total. The van der Waals surface area contributed by atoms with Gasteiger partial charge in [0, 0.05) is 26.2 Å². The molecule has 1 saturated heterocycles. The zero-order valence-corrected chi connectivity index (χ0v) is 18.8. The van der Waals surface area contributed by atoms with Crippen molar-refractivity contribution >= 4 is 21.1 Å². The van der Waals surface area contributed by atoms with Gasteiger partial charge in [-0.1, -0.05) is 48.5 Å². The van der Waals surface area contributed by atoms with Crippen LogP contribution in [0.25, 0.3) is 16.7 Å². The van der Waals surface area contributed by atoms with E-state index >= 15 is 0 Å². The van der Waals surface area contributed by atoms with E-state index in [0.29, 0.717) is 49.6 Å². The van der Waals surface area contributed by atoms with Crippen molar-refractivity contribution in [1.82, 2.24) is 29.0 Å². The number of hydrogen-bond donors (Lipinski definition) is 1. The van der Waals surface area contributed by atoms with Crippen molar-refractivity contribution < 1.29 is 8.42 Å². The number of H-pyrrole nitrogens is 1. The molecule has 0 bridgehead atoms. The van der Waals surface area contributed by atoms with Gasteiger partial charge in [0.05, 0.1) is 24.2 Å². The van der Waals surface area contributed by atoms with Crippen LogP contribution >= 0.6 is 0 Å². The van der Waals surface area contributed by atoms with Crippen molar-refractivity contribution in [3.05, 3.63) is 88.6 Å². The first-order valence-corrected chi connectivity index (χ1v) is 12.4. The van der Waals surface area contributed by atoms with Crippen LogP contribution in [0.5, 0.6) is 0 Å². The van der Waals surface area contributed by atoms with Crippen LogP contribution in [0.3, 0.4) is 0 Å². The number of aromatic nitrogens is 4. The standard InChI is InChI=1S/C23H24N6O3S/c30-23-20-15-24-29(19-9-5-2-6-10-19)22(20)25-21(26-23)16-27-11-13-28(14-12-27)33(31,32)17-18-7-3-1-4-8-18/h1-10,15H,11-14,16-17H2,(H,25,26,30). The molecule has 33 heavy (non-hydrogen) atoms. The zero-order chi connectivity index (χ0) is 22.8. The molecule has 0 radical (unpaired) electrons. The molecule has 5 rings (SSSR count). The van der Waals surface area contributed by atoms with E-state index in [-0.39, 0.29) is 11.3 Å². The quantitative estimate of drug-likeness (QED) is 0.466.